The maximum atomic E-state index is 13.8. The highest BCUT2D eigenvalue weighted by molar-refractivity contribution is 5.88. The van der Waals surface area contributed by atoms with Crippen molar-refractivity contribution in [3.05, 3.63) is 95.6 Å². The molecule has 3 atom stereocenters. The van der Waals surface area contributed by atoms with Gasteiger partial charge in [-0.1, -0.05) is 78.9 Å². The number of nitrogens with one attached hydrogen (secondary N) is 1. The van der Waals surface area contributed by atoms with Crippen LogP contribution >= 0.6 is 0 Å². The first kappa shape index (κ1) is 27.9. The van der Waals surface area contributed by atoms with Crippen molar-refractivity contribution >= 4 is 18.0 Å². The Morgan fingerprint density at radius 2 is 1.67 bits per heavy atom. The highest BCUT2D eigenvalue weighted by Crippen LogP contribution is 2.44. The Bertz CT molecular complexity index is 1430. The lowest BCUT2D eigenvalue weighted by molar-refractivity contribution is -0.161. The maximum absolute atomic E-state index is 13.8. The molecule has 3 aliphatic rings. The molecule has 0 bridgehead atoms. The summed E-state index contributed by atoms with van der Waals surface area (Å²) in [7, 11) is 1.88. The predicted molar refractivity (Wildman–Crippen MR) is 156 cm³/mol. The molecule has 6 rings (SSSR count). The van der Waals surface area contributed by atoms with Crippen molar-refractivity contribution in [3.63, 3.8) is 0 Å². The van der Waals surface area contributed by atoms with Gasteiger partial charge < -0.3 is 24.8 Å². The Hall–Kier alpha value is -4.21. The molecule has 3 aromatic rings. The topological polar surface area (TPSA) is 108 Å². The van der Waals surface area contributed by atoms with Crippen molar-refractivity contribution in [1.82, 2.24) is 15.1 Å². The molecule has 1 aliphatic carbocycles. The summed E-state index contributed by atoms with van der Waals surface area (Å²) >= 11 is 0. The van der Waals surface area contributed by atoms with Crippen molar-refractivity contribution in [2.45, 2.75) is 30.5 Å². The number of likely N-dealkylation sites (tertiary alicyclic amines) is 1. The number of alkyl carbamates (subject to hydrolysis) is 1. The summed E-state index contributed by atoms with van der Waals surface area (Å²) < 4.78 is 11.4. The number of hydrogen-bond acceptors (Lipinski definition) is 6. The zero-order chi connectivity index (χ0) is 29.3. The van der Waals surface area contributed by atoms with E-state index in [0.29, 0.717) is 19.6 Å². The molecule has 2 amide bonds. The summed E-state index contributed by atoms with van der Waals surface area (Å²) in [4.78, 5) is 42.7. The van der Waals surface area contributed by atoms with Gasteiger partial charge in [-0.25, -0.2) is 9.59 Å². The molecule has 0 radical (unpaired) electrons. The smallest absolute Gasteiger partial charge is 0.407 e. The van der Waals surface area contributed by atoms with Gasteiger partial charge in [0.1, 0.15) is 12.6 Å². The quantitative estimate of drug-likeness (QED) is 0.404. The van der Waals surface area contributed by atoms with Gasteiger partial charge in [-0.3, -0.25) is 9.69 Å². The Balaban J connectivity index is 1.16. The minimum atomic E-state index is -1.39. The number of amides is 2. The molecular weight excluding hydrogens is 534 g/mol. The third kappa shape index (κ3) is 5.26. The summed E-state index contributed by atoms with van der Waals surface area (Å²) in [6, 6.07) is 25.1. The number of fused-ring (bicyclic) bond motifs is 4. The molecule has 0 aromatic heterocycles. The van der Waals surface area contributed by atoms with E-state index in [1.807, 2.05) is 66.5 Å². The van der Waals surface area contributed by atoms with Gasteiger partial charge in [0.2, 0.25) is 5.91 Å². The van der Waals surface area contributed by atoms with E-state index in [9.17, 15) is 19.5 Å². The minimum absolute atomic E-state index is 0.0445. The number of aliphatic carboxylic acids is 1. The molecular formula is C33H35N3O6. The summed E-state index contributed by atoms with van der Waals surface area (Å²) in [5.41, 5.74) is 4.15. The van der Waals surface area contributed by atoms with E-state index >= 15 is 0 Å². The zero-order valence-electron chi connectivity index (χ0n) is 23.6. The predicted octanol–water partition coefficient (Wildman–Crippen LogP) is 3.73. The number of nitrogens with zero attached hydrogens (tertiary/aromatic N) is 2. The number of carboxylic acids is 1. The van der Waals surface area contributed by atoms with Crippen molar-refractivity contribution in [1.29, 1.82) is 0 Å². The van der Waals surface area contributed by atoms with Crippen molar-refractivity contribution in [2.24, 2.45) is 5.92 Å². The lowest BCUT2D eigenvalue weighted by Gasteiger charge is -2.29. The third-order valence-electron chi connectivity index (χ3n) is 8.75. The highest BCUT2D eigenvalue weighted by Gasteiger charge is 2.58. The molecule has 2 aliphatic heterocycles. The summed E-state index contributed by atoms with van der Waals surface area (Å²) in [6.45, 7) is 1.51. The number of hydrogen-bond donors (Lipinski definition) is 2. The van der Waals surface area contributed by atoms with Crippen LogP contribution in [0.5, 0.6) is 0 Å². The second kappa shape index (κ2) is 11.6. The van der Waals surface area contributed by atoms with Gasteiger partial charge in [-0.05, 0) is 41.3 Å². The fourth-order valence-electron chi connectivity index (χ4n) is 6.69. The number of carbonyl (C=O) groups excluding carboxylic acids is 2. The van der Waals surface area contributed by atoms with Gasteiger partial charge in [-0.15, -0.1) is 0 Å². The van der Waals surface area contributed by atoms with Crippen LogP contribution in [0.4, 0.5) is 4.79 Å². The minimum Gasteiger partial charge on any atom is -0.479 e. The van der Waals surface area contributed by atoms with Gasteiger partial charge in [-0.2, -0.15) is 0 Å². The van der Waals surface area contributed by atoms with E-state index in [4.69, 9.17) is 9.47 Å². The summed E-state index contributed by atoms with van der Waals surface area (Å²) in [5.74, 6) is -1.79. The molecule has 0 spiro atoms. The van der Waals surface area contributed by atoms with E-state index in [-0.39, 0.29) is 44.0 Å². The zero-order valence-corrected chi connectivity index (χ0v) is 23.6. The average molecular weight is 570 g/mol. The molecule has 0 saturated carbocycles. The van der Waals surface area contributed by atoms with E-state index in [1.165, 1.54) is 4.90 Å². The molecule has 2 heterocycles. The molecule has 218 valence electrons. The standard InChI is InChI=1S/C33H35N3O6/c1-35(17-22-9-3-2-4-10-22)19-29(30(37)36-18-23-15-16-42-33(23,21-36)31(38)39)34-32(40)41-20-28-26-13-7-5-11-24(26)25-12-6-8-14-27(25)28/h2-14,23,28-29H,15-21H2,1H3,(H,34,40)(H,38,39). The first-order valence-electron chi connectivity index (χ1n) is 14.4. The van der Waals surface area contributed by atoms with Gasteiger partial charge >= 0.3 is 12.1 Å². The van der Waals surface area contributed by atoms with Gasteiger partial charge in [0, 0.05) is 38.1 Å². The number of benzene rings is 3. The van der Waals surface area contributed by atoms with Gasteiger partial charge in [0.15, 0.2) is 5.60 Å². The number of carboxylic acid groups (broad SMARTS) is 1. The van der Waals surface area contributed by atoms with Crippen LogP contribution < -0.4 is 5.32 Å². The summed E-state index contributed by atoms with van der Waals surface area (Å²) in [5, 5.41) is 12.7. The fourth-order valence-corrected chi connectivity index (χ4v) is 6.69. The molecule has 3 aromatic carbocycles. The summed E-state index contributed by atoms with van der Waals surface area (Å²) in [6.07, 6.45) is -0.110. The molecule has 2 N–H and O–H groups in total. The maximum Gasteiger partial charge on any atom is 0.407 e. The molecule has 3 unspecified atom stereocenters. The number of carbonyl (C=O) groups is 3. The molecule has 9 nitrogen and oxygen atoms in total. The monoisotopic (exact) mass is 569 g/mol. The van der Waals surface area contributed by atoms with Crippen LogP contribution in [0.2, 0.25) is 0 Å². The Kier molecular flexibility index (Phi) is 7.70. The van der Waals surface area contributed by atoms with Crippen LogP contribution in [0.3, 0.4) is 0 Å². The number of ether oxygens (including phenoxy) is 2. The second-order valence-electron chi connectivity index (χ2n) is 11.5. The largest absolute Gasteiger partial charge is 0.479 e. The van der Waals surface area contributed by atoms with E-state index in [0.717, 1.165) is 27.8 Å². The van der Waals surface area contributed by atoms with Crippen LogP contribution in [0.25, 0.3) is 11.1 Å². The highest BCUT2D eigenvalue weighted by atomic mass is 16.5. The number of rotatable bonds is 9. The van der Waals surface area contributed by atoms with E-state index in [2.05, 4.69) is 29.6 Å². The second-order valence-corrected chi connectivity index (χ2v) is 11.5. The first-order valence-corrected chi connectivity index (χ1v) is 14.4. The molecule has 9 heteroatoms. The first-order chi connectivity index (χ1) is 20.4. The van der Waals surface area contributed by atoms with Crippen LogP contribution in [0.1, 0.15) is 29.0 Å². The molecule has 42 heavy (non-hydrogen) atoms. The van der Waals surface area contributed by atoms with Crippen LogP contribution in [0.15, 0.2) is 78.9 Å². The molecule has 2 fully saturated rings. The Morgan fingerprint density at radius 3 is 2.31 bits per heavy atom. The SMILES string of the molecule is CN(Cc1ccccc1)CC(NC(=O)OCC1c2ccccc2-c2ccccc21)C(=O)N1CC2CCOC2(C(=O)O)C1. The molecule has 2 saturated heterocycles. The van der Waals surface area contributed by atoms with E-state index < -0.39 is 23.7 Å². The van der Waals surface area contributed by atoms with Crippen LogP contribution in [-0.2, 0) is 25.6 Å². The van der Waals surface area contributed by atoms with Crippen molar-refractivity contribution < 1.29 is 29.0 Å². The number of likely N-dealkylation sites (N-methyl/N-ethyl adjacent to an activating group) is 1. The van der Waals surface area contributed by atoms with Gasteiger partial charge in [0.25, 0.3) is 0 Å². The van der Waals surface area contributed by atoms with Gasteiger partial charge in [0.05, 0.1) is 6.54 Å². The normalized spacial score (nSPS) is 21.5. The van der Waals surface area contributed by atoms with Crippen LogP contribution in [-0.4, -0.2) is 84.4 Å². The average Bonchev–Trinajstić information content (AvgIpc) is 3.66. The van der Waals surface area contributed by atoms with Crippen molar-refractivity contribution in [3.8, 4) is 11.1 Å². The Morgan fingerprint density at radius 1 is 1.02 bits per heavy atom. The van der Waals surface area contributed by atoms with E-state index in [1.54, 1.807) is 0 Å². The fraction of sp³-hybridized carbons (Fsp3) is 0.364. The lowest BCUT2D eigenvalue weighted by Crippen LogP contribution is -2.54. The third-order valence-corrected chi connectivity index (χ3v) is 8.75. The Labute approximate surface area is 245 Å². The van der Waals surface area contributed by atoms with Crippen LogP contribution in [0, 0.1) is 5.92 Å². The lowest BCUT2D eigenvalue weighted by atomic mass is 9.91. The van der Waals surface area contributed by atoms with Crippen molar-refractivity contribution in [2.75, 3.05) is 39.9 Å².